The van der Waals surface area contributed by atoms with E-state index in [1.165, 1.54) is 18.3 Å². The molecule has 1 atom stereocenters. The van der Waals surface area contributed by atoms with Crippen molar-refractivity contribution in [1.29, 1.82) is 0 Å². The molecule has 0 aliphatic rings. The molecule has 0 radical (unpaired) electrons. The molecule has 0 saturated heterocycles. The molecule has 0 aliphatic heterocycles. The lowest BCUT2D eigenvalue weighted by Gasteiger charge is -2.14. The summed E-state index contributed by atoms with van der Waals surface area (Å²) in [6.45, 7) is 3.07. The predicted octanol–water partition coefficient (Wildman–Crippen LogP) is 4.69. The molecule has 1 heterocycles. The summed E-state index contributed by atoms with van der Waals surface area (Å²) in [7, 11) is 0. The number of nitro groups is 1. The van der Waals surface area contributed by atoms with E-state index in [0.717, 1.165) is 4.68 Å². The number of nitro benzene ring substituents is 1. The van der Waals surface area contributed by atoms with Crippen molar-refractivity contribution in [3.8, 4) is 5.75 Å². The molecule has 1 N–H and O–H groups in total. The van der Waals surface area contributed by atoms with Crippen LogP contribution in [0.3, 0.4) is 0 Å². The molecular weight excluding hydrogens is 564 g/mol. The molecule has 3 rings (SSSR count). The lowest BCUT2D eigenvalue weighted by Crippen LogP contribution is -2.23. The van der Waals surface area contributed by atoms with Gasteiger partial charge in [-0.1, -0.05) is 45.7 Å². The standard InChI is InChI=1S/C21H18Br2N4O6/c1-3-11(2)20-25-16-5-4-13(22)7-15(16)21(30)26(20)24-9-12-6-14(23)8-17(27(31)32)19(12)33-10-18(28)29/h4-9,11H,3,10H2,1-2H3,(H,28,29)/t11-/m0/s1. The van der Waals surface area contributed by atoms with Gasteiger partial charge in [0.1, 0.15) is 5.82 Å². The third-order valence-corrected chi connectivity index (χ3v) is 5.75. The van der Waals surface area contributed by atoms with Gasteiger partial charge in [-0.25, -0.2) is 9.78 Å². The molecule has 2 aromatic carbocycles. The maximum atomic E-state index is 13.2. The first-order valence-electron chi connectivity index (χ1n) is 9.71. The average molecular weight is 582 g/mol. The smallest absolute Gasteiger partial charge is 0.341 e. The van der Waals surface area contributed by atoms with Gasteiger partial charge in [0.15, 0.2) is 6.61 Å². The summed E-state index contributed by atoms with van der Waals surface area (Å²) >= 11 is 6.55. The number of hydrogen-bond acceptors (Lipinski definition) is 7. The zero-order valence-electron chi connectivity index (χ0n) is 17.5. The van der Waals surface area contributed by atoms with Crippen LogP contribution in [-0.2, 0) is 4.79 Å². The molecule has 0 aliphatic carbocycles. The topological polar surface area (TPSA) is 137 Å². The summed E-state index contributed by atoms with van der Waals surface area (Å²) in [5.74, 6) is -1.26. The van der Waals surface area contributed by atoms with Gasteiger partial charge in [0.2, 0.25) is 5.75 Å². The number of hydrogen-bond donors (Lipinski definition) is 1. The van der Waals surface area contributed by atoms with Crippen LogP contribution in [0.4, 0.5) is 5.69 Å². The fraction of sp³-hybridized carbons (Fsp3) is 0.238. The molecule has 0 bridgehead atoms. The zero-order chi connectivity index (χ0) is 24.3. The van der Waals surface area contributed by atoms with E-state index in [0.29, 0.717) is 32.1 Å². The SMILES string of the molecule is CC[C@H](C)c1nc2ccc(Br)cc2c(=O)n1N=Cc1cc(Br)cc([N+](=O)[O-])c1OCC(=O)O. The van der Waals surface area contributed by atoms with Gasteiger partial charge < -0.3 is 9.84 Å². The summed E-state index contributed by atoms with van der Waals surface area (Å²) in [5.41, 5.74) is -0.213. The van der Waals surface area contributed by atoms with Crippen LogP contribution in [0.1, 0.15) is 37.6 Å². The molecule has 0 unspecified atom stereocenters. The Morgan fingerprint density at radius 1 is 1.33 bits per heavy atom. The monoisotopic (exact) mass is 580 g/mol. The number of rotatable bonds is 8. The summed E-state index contributed by atoms with van der Waals surface area (Å²) in [6, 6.07) is 7.83. The minimum absolute atomic E-state index is 0.109. The lowest BCUT2D eigenvalue weighted by molar-refractivity contribution is -0.385. The van der Waals surface area contributed by atoms with E-state index in [2.05, 4.69) is 41.9 Å². The van der Waals surface area contributed by atoms with Crippen molar-refractivity contribution in [3.63, 3.8) is 0 Å². The first-order valence-corrected chi connectivity index (χ1v) is 11.3. The Morgan fingerprint density at radius 3 is 2.70 bits per heavy atom. The normalized spacial score (nSPS) is 12.2. The van der Waals surface area contributed by atoms with Crippen molar-refractivity contribution in [2.45, 2.75) is 26.2 Å². The highest BCUT2D eigenvalue weighted by atomic mass is 79.9. The number of ether oxygens (including phenoxy) is 1. The molecular formula is C21H18Br2N4O6. The van der Waals surface area contributed by atoms with Crippen LogP contribution in [-0.4, -0.2) is 38.5 Å². The van der Waals surface area contributed by atoms with Gasteiger partial charge in [-0.15, -0.1) is 0 Å². The van der Waals surface area contributed by atoms with Crippen LogP contribution >= 0.6 is 31.9 Å². The Labute approximate surface area is 204 Å². The highest BCUT2D eigenvalue weighted by molar-refractivity contribution is 9.10. The van der Waals surface area contributed by atoms with E-state index in [9.17, 15) is 19.7 Å². The third-order valence-electron chi connectivity index (χ3n) is 4.80. The van der Waals surface area contributed by atoms with E-state index >= 15 is 0 Å². The number of halogens is 2. The Morgan fingerprint density at radius 2 is 2.06 bits per heavy atom. The second-order valence-corrected chi connectivity index (χ2v) is 8.92. The summed E-state index contributed by atoms with van der Waals surface area (Å²) in [4.78, 5) is 39.6. The van der Waals surface area contributed by atoms with E-state index in [4.69, 9.17) is 9.84 Å². The second-order valence-electron chi connectivity index (χ2n) is 7.09. The Balaban J connectivity index is 2.23. The van der Waals surface area contributed by atoms with Crippen molar-refractivity contribution in [1.82, 2.24) is 9.66 Å². The Bertz CT molecular complexity index is 1340. The molecule has 0 saturated carbocycles. The fourth-order valence-electron chi connectivity index (χ4n) is 3.02. The quantitative estimate of drug-likeness (QED) is 0.231. The minimum Gasteiger partial charge on any atom is -0.479 e. The first kappa shape index (κ1) is 24.5. The van der Waals surface area contributed by atoms with Gasteiger partial charge in [-0.05, 0) is 30.7 Å². The lowest BCUT2D eigenvalue weighted by atomic mass is 10.1. The first-order chi connectivity index (χ1) is 15.6. The van der Waals surface area contributed by atoms with Gasteiger partial charge in [0.25, 0.3) is 5.56 Å². The predicted molar refractivity (Wildman–Crippen MR) is 129 cm³/mol. The highest BCUT2D eigenvalue weighted by Crippen LogP contribution is 2.34. The second kappa shape index (κ2) is 10.2. The molecule has 33 heavy (non-hydrogen) atoms. The zero-order valence-corrected chi connectivity index (χ0v) is 20.7. The maximum Gasteiger partial charge on any atom is 0.341 e. The van der Waals surface area contributed by atoms with E-state index in [1.54, 1.807) is 18.2 Å². The van der Waals surface area contributed by atoms with Gasteiger partial charge in [-0.2, -0.15) is 9.78 Å². The maximum absolute atomic E-state index is 13.2. The highest BCUT2D eigenvalue weighted by Gasteiger charge is 2.22. The van der Waals surface area contributed by atoms with Crippen molar-refractivity contribution < 1.29 is 19.6 Å². The van der Waals surface area contributed by atoms with Crippen molar-refractivity contribution in [2.75, 3.05) is 6.61 Å². The van der Waals surface area contributed by atoms with Gasteiger partial charge in [0.05, 0.1) is 22.0 Å². The Kier molecular flexibility index (Phi) is 7.59. The van der Waals surface area contributed by atoms with Crippen LogP contribution < -0.4 is 10.3 Å². The third kappa shape index (κ3) is 5.45. The molecule has 172 valence electrons. The number of fused-ring (bicyclic) bond motifs is 1. The molecule has 10 nitrogen and oxygen atoms in total. The van der Waals surface area contributed by atoms with Gasteiger partial charge in [-0.3, -0.25) is 14.9 Å². The van der Waals surface area contributed by atoms with Gasteiger partial charge in [0, 0.05) is 26.5 Å². The minimum atomic E-state index is -1.30. The van der Waals surface area contributed by atoms with E-state index < -0.39 is 28.7 Å². The molecule has 1 aromatic heterocycles. The number of benzene rings is 2. The van der Waals surface area contributed by atoms with Gasteiger partial charge >= 0.3 is 11.7 Å². The van der Waals surface area contributed by atoms with E-state index in [1.807, 2.05) is 13.8 Å². The van der Waals surface area contributed by atoms with Crippen molar-refractivity contribution in [2.24, 2.45) is 5.10 Å². The molecule has 0 amide bonds. The number of aliphatic carboxylic acids is 1. The molecule has 0 spiro atoms. The van der Waals surface area contributed by atoms with Crippen molar-refractivity contribution in [3.05, 3.63) is 71.1 Å². The number of carboxylic acid groups (broad SMARTS) is 1. The average Bonchev–Trinajstić information content (AvgIpc) is 2.76. The largest absolute Gasteiger partial charge is 0.479 e. The van der Waals surface area contributed by atoms with E-state index in [-0.39, 0.29) is 17.2 Å². The van der Waals surface area contributed by atoms with Crippen LogP contribution in [0.15, 0.2) is 49.2 Å². The number of nitrogens with zero attached hydrogens (tertiary/aromatic N) is 4. The van der Waals surface area contributed by atoms with Crippen LogP contribution in [0, 0.1) is 10.1 Å². The fourth-order valence-corrected chi connectivity index (χ4v) is 3.85. The van der Waals surface area contributed by atoms with Crippen LogP contribution in [0.25, 0.3) is 10.9 Å². The van der Waals surface area contributed by atoms with Crippen LogP contribution in [0.2, 0.25) is 0 Å². The van der Waals surface area contributed by atoms with Crippen molar-refractivity contribution >= 4 is 60.6 Å². The number of carboxylic acids is 1. The number of carbonyl (C=O) groups is 1. The molecule has 12 heteroatoms. The molecule has 3 aromatic rings. The molecule has 0 fully saturated rings. The summed E-state index contributed by atoms with van der Waals surface area (Å²) in [5, 5.41) is 25.1. The Hall–Kier alpha value is -3.12. The summed E-state index contributed by atoms with van der Waals surface area (Å²) < 4.78 is 7.39. The number of aromatic nitrogens is 2. The summed E-state index contributed by atoms with van der Waals surface area (Å²) in [6.07, 6.45) is 1.91. The van der Waals surface area contributed by atoms with Crippen LogP contribution in [0.5, 0.6) is 5.75 Å².